The number of benzene rings is 1. The van der Waals surface area contributed by atoms with Crippen LogP contribution in [0.2, 0.25) is 0 Å². The fourth-order valence-electron chi connectivity index (χ4n) is 2.38. The molecule has 1 aromatic rings. The lowest BCUT2D eigenvalue weighted by Crippen LogP contribution is -2.41. The van der Waals surface area contributed by atoms with E-state index in [-0.39, 0.29) is 12.1 Å². The van der Waals surface area contributed by atoms with E-state index in [0.717, 1.165) is 18.6 Å². The Kier molecular flexibility index (Phi) is 4.06. The second-order valence-corrected chi connectivity index (χ2v) is 5.33. The highest BCUT2D eigenvalue weighted by molar-refractivity contribution is 5.29. The van der Waals surface area contributed by atoms with Crippen LogP contribution in [-0.4, -0.2) is 12.1 Å². The van der Waals surface area contributed by atoms with Gasteiger partial charge in [0.15, 0.2) is 0 Å². The van der Waals surface area contributed by atoms with Crippen molar-refractivity contribution in [3.63, 3.8) is 0 Å². The smallest absolute Gasteiger partial charge is 0.119 e. The van der Waals surface area contributed by atoms with Crippen LogP contribution in [0.15, 0.2) is 24.3 Å². The zero-order chi connectivity index (χ0) is 12.3. The van der Waals surface area contributed by atoms with Crippen LogP contribution >= 0.6 is 0 Å². The fourth-order valence-corrected chi connectivity index (χ4v) is 2.38. The van der Waals surface area contributed by atoms with Crippen LogP contribution in [0.3, 0.4) is 0 Å². The van der Waals surface area contributed by atoms with Crippen LogP contribution in [0.4, 0.5) is 0 Å². The zero-order valence-corrected chi connectivity index (χ0v) is 10.9. The Balaban J connectivity index is 1.98. The van der Waals surface area contributed by atoms with Crippen molar-refractivity contribution in [3.05, 3.63) is 29.8 Å². The molecule has 0 spiro atoms. The average Bonchev–Trinajstić information content (AvgIpc) is 2.33. The number of ether oxygens (including phenoxy) is 1. The van der Waals surface area contributed by atoms with E-state index in [9.17, 15) is 0 Å². The summed E-state index contributed by atoms with van der Waals surface area (Å²) < 4.78 is 5.98. The third kappa shape index (κ3) is 3.22. The number of nitrogens with two attached hydrogens (primary N) is 1. The monoisotopic (exact) mass is 233 g/mol. The van der Waals surface area contributed by atoms with Gasteiger partial charge in [-0.2, -0.15) is 0 Å². The van der Waals surface area contributed by atoms with Crippen molar-refractivity contribution < 1.29 is 4.74 Å². The Morgan fingerprint density at radius 3 is 2.35 bits per heavy atom. The second-order valence-electron chi connectivity index (χ2n) is 5.33. The van der Waals surface area contributed by atoms with Crippen LogP contribution < -0.4 is 10.5 Å². The minimum Gasteiger partial charge on any atom is -0.489 e. The molecule has 1 aromatic carbocycles. The van der Waals surface area contributed by atoms with E-state index in [2.05, 4.69) is 38.1 Å². The first kappa shape index (κ1) is 12.4. The van der Waals surface area contributed by atoms with Crippen LogP contribution in [0, 0.1) is 0 Å². The van der Waals surface area contributed by atoms with E-state index in [1.165, 1.54) is 18.4 Å². The molecule has 2 unspecified atom stereocenters. The number of rotatable bonds is 3. The molecule has 0 aromatic heterocycles. The molecule has 1 aliphatic rings. The molecule has 0 heterocycles. The Labute approximate surface area is 104 Å². The normalized spacial score (nSPS) is 24.9. The van der Waals surface area contributed by atoms with Gasteiger partial charge in [-0.25, -0.2) is 0 Å². The minimum atomic E-state index is 0.202. The number of hydrogen-bond acceptors (Lipinski definition) is 2. The van der Waals surface area contributed by atoms with Gasteiger partial charge in [-0.3, -0.25) is 0 Å². The van der Waals surface area contributed by atoms with E-state index in [1.54, 1.807) is 0 Å². The maximum Gasteiger partial charge on any atom is 0.119 e. The summed E-state index contributed by atoms with van der Waals surface area (Å²) >= 11 is 0. The highest BCUT2D eigenvalue weighted by Crippen LogP contribution is 2.24. The standard InChI is InChI=1S/C15H23NO/c1-11(2)12-7-9-13(10-8-12)17-15-6-4-3-5-14(15)16/h7-11,14-15H,3-6,16H2,1-2H3. The topological polar surface area (TPSA) is 35.2 Å². The molecule has 0 bridgehead atoms. The molecule has 2 atom stereocenters. The first-order valence-electron chi connectivity index (χ1n) is 6.69. The summed E-state index contributed by atoms with van der Waals surface area (Å²) in [5.41, 5.74) is 7.43. The lowest BCUT2D eigenvalue weighted by Gasteiger charge is -2.29. The summed E-state index contributed by atoms with van der Waals surface area (Å²) in [7, 11) is 0. The molecule has 2 nitrogen and oxygen atoms in total. The molecule has 94 valence electrons. The van der Waals surface area contributed by atoms with E-state index in [1.807, 2.05) is 0 Å². The van der Waals surface area contributed by atoms with E-state index >= 15 is 0 Å². The van der Waals surface area contributed by atoms with Crippen molar-refractivity contribution in [2.75, 3.05) is 0 Å². The molecule has 0 radical (unpaired) electrons. The molecule has 0 aliphatic heterocycles. The van der Waals surface area contributed by atoms with E-state index in [0.29, 0.717) is 5.92 Å². The molecule has 0 saturated heterocycles. The van der Waals surface area contributed by atoms with Crippen molar-refractivity contribution in [2.45, 2.75) is 57.6 Å². The molecule has 1 aliphatic carbocycles. The molecular formula is C15H23NO. The molecule has 1 saturated carbocycles. The van der Waals surface area contributed by atoms with Crippen molar-refractivity contribution >= 4 is 0 Å². The molecule has 2 heteroatoms. The minimum absolute atomic E-state index is 0.202. The average molecular weight is 233 g/mol. The predicted octanol–water partition coefficient (Wildman–Crippen LogP) is 3.46. The maximum absolute atomic E-state index is 6.08. The first-order chi connectivity index (χ1) is 8.16. The van der Waals surface area contributed by atoms with Crippen LogP contribution in [0.25, 0.3) is 0 Å². The SMILES string of the molecule is CC(C)c1ccc(OC2CCCCC2N)cc1. The van der Waals surface area contributed by atoms with Crippen molar-refractivity contribution in [2.24, 2.45) is 5.73 Å². The highest BCUT2D eigenvalue weighted by atomic mass is 16.5. The van der Waals surface area contributed by atoms with Gasteiger partial charge >= 0.3 is 0 Å². The van der Waals surface area contributed by atoms with Gasteiger partial charge in [-0.15, -0.1) is 0 Å². The molecule has 2 N–H and O–H groups in total. The summed E-state index contributed by atoms with van der Waals surface area (Å²) in [5.74, 6) is 1.53. The molecule has 0 amide bonds. The largest absolute Gasteiger partial charge is 0.489 e. The predicted molar refractivity (Wildman–Crippen MR) is 71.4 cm³/mol. The van der Waals surface area contributed by atoms with E-state index < -0.39 is 0 Å². The summed E-state index contributed by atoms with van der Waals surface area (Å²) in [6, 6.07) is 8.63. The fraction of sp³-hybridized carbons (Fsp3) is 0.600. The lowest BCUT2D eigenvalue weighted by atomic mass is 9.93. The van der Waals surface area contributed by atoms with Crippen LogP contribution in [0.5, 0.6) is 5.75 Å². The molecular weight excluding hydrogens is 210 g/mol. The summed E-state index contributed by atoms with van der Waals surface area (Å²) in [5, 5.41) is 0. The van der Waals surface area contributed by atoms with Gasteiger partial charge in [0.25, 0.3) is 0 Å². The number of hydrogen-bond donors (Lipinski definition) is 1. The second kappa shape index (κ2) is 5.54. The summed E-state index contributed by atoms with van der Waals surface area (Å²) in [4.78, 5) is 0. The van der Waals surface area contributed by atoms with Crippen molar-refractivity contribution in [3.8, 4) is 5.75 Å². The van der Waals surface area contributed by atoms with Gasteiger partial charge in [0, 0.05) is 6.04 Å². The Bertz CT molecular complexity index is 344. The van der Waals surface area contributed by atoms with Crippen LogP contribution in [0.1, 0.15) is 51.0 Å². The van der Waals surface area contributed by atoms with Gasteiger partial charge in [0.05, 0.1) is 0 Å². The highest BCUT2D eigenvalue weighted by Gasteiger charge is 2.23. The molecule has 2 rings (SSSR count). The Morgan fingerprint density at radius 2 is 1.76 bits per heavy atom. The molecule has 17 heavy (non-hydrogen) atoms. The van der Waals surface area contributed by atoms with Crippen LogP contribution in [-0.2, 0) is 0 Å². The quantitative estimate of drug-likeness (QED) is 0.867. The van der Waals surface area contributed by atoms with Crippen molar-refractivity contribution in [1.29, 1.82) is 0 Å². The van der Waals surface area contributed by atoms with E-state index in [4.69, 9.17) is 10.5 Å². The third-order valence-corrected chi connectivity index (χ3v) is 3.59. The molecule has 1 fully saturated rings. The zero-order valence-electron chi connectivity index (χ0n) is 10.9. The Morgan fingerprint density at radius 1 is 1.12 bits per heavy atom. The van der Waals surface area contributed by atoms with Gasteiger partial charge in [0.1, 0.15) is 11.9 Å². The lowest BCUT2D eigenvalue weighted by molar-refractivity contribution is 0.132. The van der Waals surface area contributed by atoms with Gasteiger partial charge in [-0.1, -0.05) is 32.4 Å². The summed E-state index contributed by atoms with van der Waals surface area (Å²) in [6.07, 6.45) is 4.87. The summed E-state index contributed by atoms with van der Waals surface area (Å²) in [6.45, 7) is 4.40. The maximum atomic E-state index is 6.08. The first-order valence-corrected chi connectivity index (χ1v) is 6.69. The Hall–Kier alpha value is -1.02. The van der Waals surface area contributed by atoms with Crippen molar-refractivity contribution in [1.82, 2.24) is 0 Å². The third-order valence-electron chi connectivity index (χ3n) is 3.59. The van der Waals surface area contributed by atoms with Gasteiger partial charge < -0.3 is 10.5 Å². The van der Waals surface area contributed by atoms with Gasteiger partial charge in [-0.05, 0) is 42.9 Å². The van der Waals surface area contributed by atoms with Gasteiger partial charge in [0.2, 0.25) is 0 Å².